The van der Waals surface area contributed by atoms with E-state index in [0.29, 0.717) is 41.5 Å². The summed E-state index contributed by atoms with van der Waals surface area (Å²) in [7, 11) is 6.94. The topological polar surface area (TPSA) is 77.8 Å². The lowest BCUT2D eigenvalue weighted by molar-refractivity contribution is 0.0280. The zero-order valence-corrected chi connectivity index (χ0v) is 21.4. The number of nitrogens with one attached hydrogen (secondary N) is 1. The Bertz CT molecular complexity index is 1220. The highest BCUT2D eigenvalue weighted by Gasteiger charge is 2.41. The van der Waals surface area contributed by atoms with E-state index in [1.165, 1.54) is 12.1 Å². The second-order valence-electron chi connectivity index (χ2n) is 9.63. The minimum Gasteiger partial charge on any atom is -0.497 e. The molecule has 4 heterocycles. The molecule has 0 aliphatic carbocycles. The van der Waals surface area contributed by atoms with E-state index < -0.39 is 0 Å². The number of carbonyl (C=O) groups is 1. The molecular weight excluding hydrogens is 456 g/mol. The molecule has 3 fully saturated rings. The van der Waals surface area contributed by atoms with Gasteiger partial charge in [0.1, 0.15) is 5.75 Å². The fourth-order valence-electron chi connectivity index (χ4n) is 5.71. The number of rotatable bonds is 8. The van der Waals surface area contributed by atoms with Gasteiger partial charge in [0.15, 0.2) is 11.5 Å². The fraction of sp³-hybridized carbons (Fsp3) is 0.429. The van der Waals surface area contributed by atoms with Crippen LogP contribution < -0.4 is 19.5 Å². The molecule has 190 valence electrons. The first kappa shape index (κ1) is 24.2. The van der Waals surface area contributed by atoms with E-state index in [1.54, 1.807) is 33.5 Å². The number of aromatic nitrogens is 2. The zero-order valence-electron chi connectivity index (χ0n) is 21.4. The maximum Gasteiger partial charge on any atom is 0.251 e. The number of benzene rings is 2. The molecule has 8 nitrogen and oxygen atoms in total. The first-order valence-electron chi connectivity index (χ1n) is 12.4. The van der Waals surface area contributed by atoms with Gasteiger partial charge in [-0.15, -0.1) is 0 Å². The highest BCUT2D eigenvalue weighted by molar-refractivity contribution is 5.94. The van der Waals surface area contributed by atoms with Crippen molar-refractivity contribution in [1.82, 2.24) is 20.0 Å². The second-order valence-corrected chi connectivity index (χ2v) is 9.63. The summed E-state index contributed by atoms with van der Waals surface area (Å²) in [4.78, 5) is 15.2. The van der Waals surface area contributed by atoms with Crippen LogP contribution in [0, 0.1) is 5.92 Å². The van der Waals surface area contributed by atoms with Gasteiger partial charge in [0, 0.05) is 48.9 Å². The highest BCUT2D eigenvalue weighted by Crippen LogP contribution is 2.42. The van der Waals surface area contributed by atoms with Crippen LogP contribution in [0.25, 0.3) is 11.3 Å². The molecule has 4 atom stereocenters. The van der Waals surface area contributed by atoms with E-state index in [9.17, 15) is 4.79 Å². The van der Waals surface area contributed by atoms with Crippen molar-refractivity contribution in [2.24, 2.45) is 13.0 Å². The van der Waals surface area contributed by atoms with Crippen molar-refractivity contribution in [2.75, 3.05) is 41.0 Å². The van der Waals surface area contributed by atoms with Crippen molar-refractivity contribution < 1.29 is 19.0 Å². The summed E-state index contributed by atoms with van der Waals surface area (Å²) in [6.07, 6.45) is 2.24. The van der Waals surface area contributed by atoms with Crippen LogP contribution >= 0.6 is 0 Å². The summed E-state index contributed by atoms with van der Waals surface area (Å²) >= 11 is 0. The van der Waals surface area contributed by atoms with E-state index in [-0.39, 0.29) is 5.91 Å². The molecule has 6 rings (SSSR count). The minimum absolute atomic E-state index is 0.0388. The van der Waals surface area contributed by atoms with Crippen LogP contribution in [-0.2, 0) is 7.05 Å². The van der Waals surface area contributed by atoms with Crippen LogP contribution in [0.5, 0.6) is 17.2 Å². The lowest BCUT2D eigenvalue weighted by atomic mass is 9.74. The Balaban J connectivity index is 1.25. The molecule has 8 heteroatoms. The first-order chi connectivity index (χ1) is 17.5. The van der Waals surface area contributed by atoms with Gasteiger partial charge >= 0.3 is 0 Å². The third-order valence-corrected chi connectivity index (χ3v) is 7.70. The summed E-state index contributed by atoms with van der Waals surface area (Å²) in [6.45, 7) is 2.72. The van der Waals surface area contributed by atoms with Crippen LogP contribution in [0.3, 0.4) is 0 Å². The molecular formula is C28H34N4O4. The van der Waals surface area contributed by atoms with Gasteiger partial charge in [-0.2, -0.15) is 5.10 Å². The predicted molar refractivity (Wildman–Crippen MR) is 138 cm³/mol. The molecule has 3 aromatic rings. The smallest absolute Gasteiger partial charge is 0.251 e. The molecule has 1 N–H and O–H groups in total. The number of hydrogen-bond acceptors (Lipinski definition) is 6. The van der Waals surface area contributed by atoms with Gasteiger partial charge in [-0.25, -0.2) is 0 Å². The van der Waals surface area contributed by atoms with Crippen LogP contribution in [0.2, 0.25) is 0 Å². The Hall–Kier alpha value is -3.52. The number of carbonyl (C=O) groups excluding carboxylic acids is 1. The number of piperidine rings is 3. The molecule has 2 bridgehead atoms. The van der Waals surface area contributed by atoms with E-state index in [0.717, 1.165) is 36.5 Å². The lowest BCUT2D eigenvalue weighted by Gasteiger charge is -2.50. The Morgan fingerprint density at radius 1 is 1.03 bits per heavy atom. The fourth-order valence-corrected chi connectivity index (χ4v) is 5.71. The third kappa shape index (κ3) is 4.65. The molecule has 3 aliphatic heterocycles. The van der Waals surface area contributed by atoms with Crippen LogP contribution in [0.15, 0.2) is 48.5 Å². The number of nitrogens with zero attached hydrogens (tertiary/aromatic N) is 3. The van der Waals surface area contributed by atoms with Crippen LogP contribution in [-0.4, -0.2) is 67.6 Å². The lowest BCUT2D eigenvalue weighted by Crippen LogP contribution is -2.56. The number of amides is 1. The van der Waals surface area contributed by atoms with Gasteiger partial charge in [0.25, 0.3) is 5.91 Å². The summed E-state index contributed by atoms with van der Waals surface area (Å²) in [5, 5.41) is 7.97. The van der Waals surface area contributed by atoms with E-state index in [1.807, 2.05) is 42.1 Å². The molecule has 3 saturated heterocycles. The second kappa shape index (κ2) is 10.2. The number of fused-ring (bicyclic) bond motifs is 3. The largest absolute Gasteiger partial charge is 0.497 e. The molecule has 2 aromatic carbocycles. The van der Waals surface area contributed by atoms with Crippen molar-refractivity contribution in [1.29, 1.82) is 0 Å². The quantitative estimate of drug-likeness (QED) is 0.519. The van der Waals surface area contributed by atoms with Gasteiger partial charge in [-0.1, -0.05) is 0 Å². The SMILES string of the molecule is COc1ccc(C(=O)NC[C@H]2C[C@@H]3CCN2C[C@H]3c2cc(-c3ccc(OC)c(OC)c3)nn2C)cc1. The maximum absolute atomic E-state index is 12.6. The normalized spacial score (nSPS) is 22.8. The average molecular weight is 491 g/mol. The van der Waals surface area contributed by atoms with Crippen LogP contribution in [0.1, 0.15) is 34.8 Å². The number of ether oxygens (including phenoxy) is 3. The molecule has 0 radical (unpaired) electrons. The van der Waals surface area contributed by atoms with Gasteiger partial charge in [0.05, 0.1) is 27.0 Å². The van der Waals surface area contributed by atoms with Gasteiger partial charge in [-0.05, 0) is 73.8 Å². The molecule has 36 heavy (non-hydrogen) atoms. The Labute approximate surface area is 212 Å². The molecule has 1 aromatic heterocycles. The third-order valence-electron chi connectivity index (χ3n) is 7.70. The number of methoxy groups -OCH3 is 3. The van der Waals surface area contributed by atoms with Gasteiger partial charge < -0.3 is 19.5 Å². The van der Waals surface area contributed by atoms with Crippen molar-refractivity contribution in [2.45, 2.75) is 24.8 Å². The van der Waals surface area contributed by atoms with Crippen molar-refractivity contribution >= 4 is 5.91 Å². The predicted octanol–water partition coefficient (Wildman–Crippen LogP) is 3.72. The monoisotopic (exact) mass is 490 g/mol. The summed E-state index contributed by atoms with van der Waals surface area (Å²) in [5.41, 5.74) is 3.86. The Kier molecular flexibility index (Phi) is 6.87. The number of aryl methyl sites for hydroxylation is 1. The molecule has 0 saturated carbocycles. The van der Waals surface area contributed by atoms with E-state index in [4.69, 9.17) is 19.3 Å². The molecule has 1 amide bonds. The van der Waals surface area contributed by atoms with Gasteiger partial charge in [0.2, 0.25) is 0 Å². The summed E-state index contributed by atoms with van der Waals surface area (Å²) in [6, 6.07) is 15.7. The summed E-state index contributed by atoms with van der Waals surface area (Å²) in [5.74, 6) is 3.12. The first-order valence-corrected chi connectivity index (χ1v) is 12.4. The van der Waals surface area contributed by atoms with Crippen molar-refractivity contribution in [3.8, 4) is 28.5 Å². The van der Waals surface area contributed by atoms with Crippen molar-refractivity contribution in [3.05, 3.63) is 59.8 Å². The average Bonchev–Trinajstić information content (AvgIpc) is 3.32. The molecule has 1 unspecified atom stereocenters. The standard InChI is InChI=1S/C28H34N4O4/c1-31-25(15-24(30-31)20-7-10-26(35-3)27(14-20)36-4)23-17-32-12-11-19(23)13-21(32)16-29-28(33)18-5-8-22(34-2)9-6-18/h5-10,14-15,19,21,23H,11-13,16-17H2,1-4H3,(H,29,33)/t19-,21+,23+/m0/s1. The van der Waals surface area contributed by atoms with Gasteiger partial charge in [-0.3, -0.25) is 14.4 Å². The Morgan fingerprint density at radius 3 is 2.47 bits per heavy atom. The summed E-state index contributed by atoms with van der Waals surface area (Å²) < 4.78 is 18.1. The minimum atomic E-state index is -0.0388. The highest BCUT2D eigenvalue weighted by atomic mass is 16.5. The molecule has 3 aliphatic rings. The van der Waals surface area contributed by atoms with E-state index in [2.05, 4.69) is 16.3 Å². The number of hydrogen-bond donors (Lipinski definition) is 1. The molecule has 0 spiro atoms. The van der Waals surface area contributed by atoms with E-state index >= 15 is 0 Å². The maximum atomic E-state index is 12.6. The van der Waals surface area contributed by atoms with Crippen LogP contribution in [0.4, 0.5) is 0 Å². The Morgan fingerprint density at radius 2 is 1.81 bits per heavy atom. The zero-order chi connectivity index (χ0) is 25.2. The van der Waals surface area contributed by atoms with Crippen molar-refractivity contribution in [3.63, 3.8) is 0 Å².